The summed E-state index contributed by atoms with van der Waals surface area (Å²) in [4.78, 5) is 4.63. The highest BCUT2D eigenvalue weighted by Crippen LogP contribution is 2.16. The Hall–Kier alpha value is -1.64. The Morgan fingerprint density at radius 3 is 2.68 bits per heavy atom. The lowest BCUT2D eigenvalue weighted by atomic mass is 10.2. The molecule has 5 heteroatoms. The fourth-order valence-corrected chi connectivity index (χ4v) is 2.04. The lowest BCUT2D eigenvalue weighted by Crippen LogP contribution is -2.45. The molecule has 1 aliphatic rings. The molecule has 1 fully saturated rings. The number of halogens is 1. The van der Waals surface area contributed by atoms with E-state index in [-0.39, 0.29) is 5.56 Å². The van der Waals surface area contributed by atoms with Crippen molar-refractivity contribution >= 4 is 0 Å². The fourth-order valence-electron chi connectivity index (χ4n) is 2.04. The third-order valence-corrected chi connectivity index (χ3v) is 3.33. The van der Waals surface area contributed by atoms with E-state index in [1.807, 2.05) is 0 Å². The number of nitriles is 1. The van der Waals surface area contributed by atoms with Crippen LogP contribution in [0.5, 0.6) is 5.75 Å². The molecule has 0 spiro atoms. The van der Waals surface area contributed by atoms with Crippen molar-refractivity contribution in [1.29, 1.82) is 5.26 Å². The third-order valence-electron chi connectivity index (χ3n) is 3.33. The van der Waals surface area contributed by atoms with Crippen molar-refractivity contribution in [3.63, 3.8) is 0 Å². The lowest BCUT2D eigenvalue weighted by molar-refractivity contribution is 0.133. The summed E-state index contributed by atoms with van der Waals surface area (Å²) in [7, 11) is 2.12. The highest BCUT2D eigenvalue weighted by molar-refractivity contribution is 5.36. The summed E-state index contributed by atoms with van der Waals surface area (Å²) >= 11 is 0. The van der Waals surface area contributed by atoms with Gasteiger partial charge >= 0.3 is 0 Å². The quantitative estimate of drug-likeness (QED) is 0.821. The van der Waals surface area contributed by atoms with Crippen LogP contribution in [0.4, 0.5) is 4.39 Å². The van der Waals surface area contributed by atoms with Gasteiger partial charge < -0.3 is 9.64 Å². The zero-order valence-corrected chi connectivity index (χ0v) is 11.1. The van der Waals surface area contributed by atoms with Crippen LogP contribution in [0.3, 0.4) is 0 Å². The summed E-state index contributed by atoms with van der Waals surface area (Å²) in [6.07, 6.45) is 0. The number of hydrogen-bond donors (Lipinski definition) is 0. The number of rotatable bonds is 4. The van der Waals surface area contributed by atoms with Crippen LogP contribution in [0.25, 0.3) is 0 Å². The van der Waals surface area contributed by atoms with Crippen LogP contribution >= 0.6 is 0 Å². The molecule has 1 aliphatic heterocycles. The van der Waals surface area contributed by atoms with Crippen LogP contribution in [0, 0.1) is 17.1 Å². The fraction of sp³-hybridized carbons (Fsp3) is 0.500. The number of ether oxygens (including phenoxy) is 1. The van der Waals surface area contributed by atoms with E-state index in [2.05, 4.69) is 16.8 Å². The average molecular weight is 263 g/mol. The minimum Gasteiger partial charge on any atom is -0.492 e. The predicted octanol–water partition coefficient (Wildman–Crippen LogP) is 1.32. The van der Waals surface area contributed by atoms with Crippen LogP contribution < -0.4 is 4.74 Å². The zero-order chi connectivity index (χ0) is 13.7. The number of nitrogens with zero attached hydrogens (tertiary/aromatic N) is 3. The molecule has 1 saturated heterocycles. The summed E-state index contributed by atoms with van der Waals surface area (Å²) in [6.45, 7) is 5.62. The van der Waals surface area contributed by atoms with Crippen molar-refractivity contribution in [2.45, 2.75) is 0 Å². The van der Waals surface area contributed by atoms with Gasteiger partial charge in [-0.05, 0) is 19.2 Å². The number of benzene rings is 1. The van der Waals surface area contributed by atoms with Gasteiger partial charge in [0.25, 0.3) is 0 Å². The Balaban J connectivity index is 1.77. The largest absolute Gasteiger partial charge is 0.492 e. The first-order valence-corrected chi connectivity index (χ1v) is 6.42. The summed E-state index contributed by atoms with van der Waals surface area (Å²) in [6, 6.07) is 6.13. The third kappa shape index (κ3) is 3.91. The van der Waals surface area contributed by atoms with E-state index in [9.17, 15) is 4.39 Å². The molecule has 4 nitrogen and oxygen atoms in total. The van der Waals surface area contributed by atoms with E-state index >= 15 is 0 Å². The van der Waals surface area contributed by atoms with E-state index in [0.717, 1.165) is 32.7 Å². The van der Waals surface area contributed by atoms with E-state index in [1.54, 1.807) is 12.1 Å². The molecule has 0 aromatic heterocycles. The lowest BCUT2D eigenvalue weighted by Gasteiger charge is -2.32. The summed E-state index contributed by atoms with van der Waals surface area (Å²) in [5, 5.41) is 8.64. The van der Waals surface area contributed by atoms with Gasteiger partial charge in [-0.2, -0.15) is 5.26 Å². The Labute approximate surface area is 113 Å². The van der Waals surface area contributed by atoms with Gasteiger partial charge in [0, 0.05) is 38.8 Å². The Kier molecular flexibility index (Phi) is 4.72. The smallest absolute Gasteiger partial charge is 0.144 e. The predicted molar refractivity (Wildman–Crippen MR) is 70.5 cm³/mol. The van der Waals surface area contributed by atoms with E-state index < -0.39 is 5.82 Å². The summed E-state index contributed by atoms with van der Waals surface area (Å²) in [5.74, 6) is -0.0507. The molecule has 0 N–H and O–H groups in total. The van der Waals surface area contributed by atoms with Crippen molar-refractivity contribution in [1.82, 2.24) is 9.80 Å². The molecule has 0 radical (unpaired) electrons. The van der Waals surface area contributed by atoms with Gasteiger partial charge in [-0.25, -0.2) is 4.39 Å². The molecule has 1 heterocycles. The molecule has 0 saturated carbocycles. The maximum absolute atomic E-state index is 13.4. The monoisotopic (exact) mass is 263 g/mol. The minimum absolute atomic E-state index is 0.0476. The van der Waals surface area contributed by atoms with Gasteiger partial charge in [0.05, 0.1) is 5.56 Å². The molecule has 0 unspecified atom stereocenters. The molecular weight excluding hydrogens is 245 g/mol. The molecule has 0 atom stereocenters. The standard InChI is InChI=1S/C14H18FN3O/c1-17-4-6-18(7-5-17)8-9-19-13-3-2-12(11-16)14(15)10-13/h2-3,10H,4-9H2,1H3. The molecule has 0 amide bonds. The van der Waals surface area contributed by atoms with Crippen LogP contribution in [0.2, 0.25) is 0 Å². The Morgan fingerprint density at radius 2 is 2.05 bits per heavy atom. The Morgan fingerprint density at radius 1 is 1.32 bits per heavy atom. The Bertz CT molecular complexity index is 464. The van der Waals surface area contributed by atoms with Crippen LogP contribution in [-0.2, 0) is 0 Å². The molecule has 19 heavy (non-hydrogen) atoms. The number of hydrogen-bond acceptors (Lipinski definition) is 4. The number of piperazine rings is 1. The topological polar surface area (TPSA) is 39.5 Å². The maximum atomic E-state index is 13.4. The SMILES string of the molecule is CN1CCN(CCOc2ccc(C#N)c(F)c2)CC1. The van der Waals surface area contributed by atoms with Crippen LogP contribution in [-0.4, -0.2) is 56.2 Å². The first kappa shape index (κ1) is 13.8. The highest BCUT2D eigenvalue weighted by atomic mass is 19.1. The van der Waals surface area contributed by atoms with Gasteiger partial charge in [-0.3, -0.25) is 4.90 Å². The first-order chi connectivity index (χ1) is 9.19. The van der Waals surface area contributed by atoms with E-state index in [1.165, 1.54) is 12.1 Å². The second-order valence-electron chi connectivity index (χ2n) is 4.75. The van der Waals surface area contributed by atoms with Gasteiger partial charge in [-0.1, -0.05) is 0 Å². The second-order valence-corrected chi connectivity index (χ2v) is 4.75. The van der Waals surface area contributed by atoms with Gasteiger partial charge in [-0.15, -0.1) is 0 Å². The molecule has 102 valence electrons. The number of likely N-dealkylation sites (N-methyl/N-ethyl adjacent to an activating group) is 1. The van der Waals surface area contributed by atoms with Crippen LogP contribution in [0.15, 0.2) is 18.2 Å². The van der Waals surface area contributed by atoms with E-state index in [0.29, 0.717) is 12.4 Å². The maximum Gasteiger partial charge on any atom is 0.144 e. The van der Waals surface area contributed by atoms with Crippen molar-refractivity contribution in [3.05, 3.63) is 29.6 Å². The van der Waals surface area contributed by atoms with Crippen molar-refractivity contribution in [2.75, 3.05) is 46.4 Å². The van der Waals surface area contributed by atoms with Gasteiger partial charge in [0.2, 0.25) is 0 Å². The van der Waals surface area contributed by atoms with Crippen molar-refractivity contribution < 1.29 is 9.13 Å². The molecular formula is C14H18FN3O. The highest BCUT2D eigenvalue weighted by Gasteiger charge is 2.13. The van der Waals surface area contributed by atoms with E-state index in [4.69, 9.17) is 10.00 Å². The summed E-state index contributed by atoms with van der Waals surface area (Å²) in [5.41, 5.74) is 0.0476. The van der Waals surface area contributed by atoms with Crippen molar-refractivity contribution in [2.24, 2.45) is 0 Å². The average Bonchev–Trinajstić information content (AvgIpc) is 2.41. The normalized spacial score (nSPS) is 17.1. The van der Waals surface area contributed by atoms with Gasteiger partial charge in [0.15, 0.2) is 0 Å². The molecule has 1 aromatic carbocycles. The molecule has 0 bridgehead atoms. The van der Waals surface area contributed by atoms with Crippen LogP contribution in [0.1, 0.15) is 5.56 Å². The zero-order valence-electron chi connectivity index (χ0n) is 11.1. The van der Waals surface area contributed by atoms with Crippen molar-refractivity contribution in [3.8, 4) is 11.8 Å². The molecule has 0 aliphatic carbocycles. The first-order valence-electron chi connectivity index (χ1n) is 6.42. The molecule has 1 aromatic rings. The van der Waals surface area contributed by atoms with Gasteiger partial charge in [0.1, 0.15) is 24.2 Å². The minimum atomic E-state index is -0.528. The summed E-state index contributed by atoms with van der Waals surface area (Å²) < 4.78 is 18.9. The molecule has 2 rings (SSSR count). The second kappa shape index (κ2) is 6.50.